The molecule has 9 heteroatoms. The molecule has 0 saturated heterocycles. The summed E-state index contributed by atoms with van der Waals surface area (Å²) in [7, 11) is -3.52. The zero-order chi connectivity index (χ0) is 14.1. The van der Waals surface area contributed by atoms with E-state index < -0.39 is 9.05 Å². The highest BCUT2D eigenvalue weighted by Gasteiger charge is 2.01. The highest BCUT2D eigenvalue weighted by Crippen LogP contribution is 2.19. The first-order valence-corrected chi connectivity index (χ1v) is 8.29. The second kappa shape index (κ2) is 8.62. The summed E-state index contributed by atoms with van der Waals surface area (Å²) in [6.07, 6.45) is 2.35. The SMILES string of the molecule is O=S(O)(=S)OCCNCCCOc1ncccc1Cl. The molecule has 108 valence electrons. The predicted molar refractivity (Wildman–Crippen MR) is 76.3 cm³/mol. The number of rotatable bonds is 9. The minimum atomic E-state index is -3.52. The van der Waals surface area contributed by atoms with E-state index in [1.807, 2.05) is 0 Å². The molecule has 0 fully saturated rings. The van der Waals surface area contributed by atoms with Crippen molar-refractivity contribution in [3.8, 4) is 5.88 Å². The van der Waals surface area contributed by atoms with Crippen molar-refractivity contribution in [3.63, 3.8) is 0 Å². The second-order valence-electron chi connectivity index (χ2n) is 3.49. The van der Waals surface area contributed by atoms with E-state index >= 15 is 0 Å². The molecule has 0 spiro atoms. The molecular weight excluding hydrogens is 312 g/mol. The normalized spacial score (nSPS) is 14.0. The first-order valence-electron chi connectivity index (χ1n) is 5.55. The van der Waals surface area contributed by atoms with Crippen LogP contribution in [0.1, 0.15) is 6.42 Å². The van der Waals surface area contributed by atoms with Gasteiger partial charge in [-0.25, -0.2) is 4.98 Å². The van der Waals surface area contributed by atoms with Crippen LogP contribution >= 0.6 is 11.6 Å². The Kier molecular flexibility index (Phi) is 7.51. The summed E-state index contributed by atoms with van der Waals surface area (Å²) in [5, 5.41) is 3.50. The average molecular weight is 327 g/mol. The van der Waals surface area contributed by atoms with Gasteiger partial charge in [-0.3, -0.25) is 8.74 Å². The third kappa shape index (κ3) is 8.30. The van der Waals surface area contributed by atoms with E-state index in [0.717, 1.165) is 6.42 Å². The third-order valence-electron chi connectivity index (χ3n) is 1.97. The Morgan fingerprint density at radius 1 is 1.47 bits per heavy atom. The van der Waals surface area contributed by atoms with Crippen LogP contribution < -0.4 is 10.1 Å². The molecule has 0 aromatic carbocycles. The summed E-state index contributed by atoms with van der Waals surface area (Å²) in [6, 6.07) is 3.44. The van der Waals surface area contributed by atoms with Gasteiger partial charge in [0.1, 0.15) is 5.02 Å². The molecule has 0 radical (unpaired) electrons. The van der Waals surface area contributed by atoms with Gasteiger partial charge in [-0.05, 0) is 25.1 Å². The van der Waals surface area contributed by atoms with Crippen LogP contribution in [-0.4, -0.2) is 40.0 Å². The molecule has 19 heavy (non-hydrogen) atoms. The molecule has 1 heterocycles. The van der Waals surface area contributed by atoms with E-state index in [2.05, 4.69) is 25.7 Å². The molecule has 1 aromatic heterocycles. The van der Waals surface area contributed by atoms with Gasteiger partial charge in [0, 0.05) is 23.9 Å². The summed E-state index contributed by atoms with van der Waals surface area (Å²) < 4.78 is 29.1. The number of halogens is 1. The molecule has 1 atom stereocenters. The number of nitrogens with zero attached hydrogens (tertiary/aromatic N) is 1. The molecule has 0 aliphatic heterocycles. The number of hydrogen-bond acceptors (Lipinski definition) is 6. The van der Waals surface area contributed by atoms with Gasteiger partial charge in [0.2, 0.25) is 5.88 Å². The first-order chi connectivity index (χ1) is 8.99. The first kappa shape index (κ1) is 16.5. The van der Waals surface area contributed by atoms with Crippen LogP contribution in [0.5, 0.6) is 5.88 Å². The number of aromatic nitrogens is 1. The van der Waals surface area contributed by atoms with Crippen molar-refractivity contribution in [1.82, 2.24) is 10.3 Å². The molecule has 0 saturated carbocycles. The van der Waals surface area contributed by atoms with Gasteiger partial charge in [-0.1, -0.05) is 11.6 Å². The van der Waals surface area contributed by atoms with Crippen molar-refractivity contribution in [2.75, 3.05) is 26.3 Å². The van der Waals surface area contributed by atoms with Gasteiger partial charge >= 0.3 is 0 Å². The predicted octanol–water partition coefficient (Wildman–Crippen LogP) is 1.24. The minimum Gasteiger partial charge on any atom is -0.477 e. The van der Waals surface area contributed by atoms with Crippen LogP contribution in [0.25, 0.3) is 0 Å². The van der Waals surface area contributed by atoms with Crippen molar-refractivity contribution < 1.29 is 17.7 Å². The summed E-state index contributed by atoms with van der Waals surface area (Å²) in [4.78, 5) is 3.99. The molecule has 2 N–H and O–H groups in total. The van der Waals surface area contributed by atoms with Crippen molar-refractivity contribution in [1.29, 1.82) is 0 Å². The monoisotopic (exact) mass is 326 g/mol. The average Bonchev–Trinajstić information content (AvgIpc) is 2.33. The topological polar surface area (TPSA) is 80.7 Å². The number of nitrogens with one attached hydrogen (secondary N) is 1. The molecule has 1 unspecified atom stereocenters. The second-order valence-corrected chi connectivity index (χ2v) is 6.25. The molecule has 0 aliphatic rings. The van der Waals surface area contributed by atoms with Crippen LogP contribution in [0, 0.1) is 0 Å². The molecule has 6 nitrogen and oxygen atoms in total. The maximum Gasteiger partial charge on any atom is 0.266 e. The minimum absolute atomic E-state index is 0.0890. The van der Waals surface area contributed by atoms with Crippen molar-refractivity contribution in [2.24, 2.45) is 0 Å². The van der Waals surface area contributed by atoms with Crippen LogP contribution in [-0.2, 0) is 24.4 Å². The fraction of sp³-hybridized carbons (Fsp3) is 0.500. The number of ether oxygens (including phenoxy) is 1. The Labute approximate surface area is 122 Å². The molecule has 0 aliphatic carbocycles. The lowest BCUT2D eigenvalue weighted by Gasteiger charge is -2.07. The van der Waals surface area contributed by atoms with Gasteiger partial charge in [-0.2, -0.15) is 4.21 Å². The Bertz CT molecular complexity index is 484. The Morgan fingerprint density at radius 2 is 2.26 bits per heavy atom. The van der Waals surface area contributed by atoms with E-state index in [1.165, 1.54) is 0 Å². The van der Waals surface area contributed by atoms with E-state index in [0.29, 0.717) is 30.6 Å². The van der Waals surface area contributed by atoms with Crippen molar-refractivity contribution >= 4 is 31.8 Å². The molecule has 0 amide bonds. The van der Waals surface area contributed by atoms with E-state index in [-0.39, 0.29) is 6.61 Å². The molecule has 0 bridgehead atoms. The highest BCUT2D eigenvalue weighted by atomic mass is 35.5. The quantitative estimate of drug-likeness (QED) is 0.661. The van der Waals surface area contributed by atoms with Crippen molar-refractivity contribution in [3.05, 3.63) is 23.4 Å². The van der Waals surface area contributed by atoms with E-state index in [9.17, 15) is 4.21 Å². The van der Waals surface area contributed by atoms with Crippen LogP contribution in [0.3, 0.4) is 0 Å². The maximum absolute atomic E-state index is 10.6. The third-order valence-corrected chi connectivity index (χ3v) is 3.01. The smallest absolute Gasteiger partial charge is 0.266 e. The van der Waals surface area contributed by atoms with E-state index in [4.69, 9.17) is 20.9 Å². The Morgan fingerprint density at radius 3 is 2.95 bits per heavy atom. The molecule has 1 rings (SSSR count). The standard InChI is InChI=1S/C10H15ClN2O4S2/c11-9-3-1-5-13-10(9)16-7-2-4-12-6-8-17-19(14,15)18/h1,3,5,12H,2,4,6-8H2,(H,14,15,18). The Balaban J connectivity index is 2.02. The summed E-state index contributed by atoms with van der Waals surface area (Å²) in [5.74, 6) is 0.415. The van der Waals surface area contributed by atoms with Crippen LogP contribution in [0.2, 0.25) is 5.02 Å². The van der Waals surface area contributed by atoms with Crippen molar-refractivity contribution in [2.45, 2.75) is 6.42 Å². The van der Waals surface area contributed by atoms with E-state index in [1.54, 1.807) is 18.3 Å². The lowest BCUT2D eigenvalue weighted by molar-refractivity contribution is 0.284. The van der Waals surface area contributed by atoms with Crippen LogP contribution in [0.15, 0.2) is 18.3 Å². The summed E-state index contributed by atoms with van der Waals surface area (Å²) >= 11 is 10.0. The molecular formula is C10H15ClN2O4S2. The lowest BCUT2D eigenvalue weighted by atomic mass is 10.4. The van der Waals surface area contributed by atoms with Gasteiger partial charge in [0.15, 0.2) is 0 Å². The number of hydrogen-bond donors (Lipinski definition) is 2. The highest BCUT2D eigenvalue weighted by molar-refractivity contribution is 8.27. The number of pyridine rings is 1. The van der Waals surface area contributed by atoms with Gasteiger partial charge in [-0.15, -0.1) is 0 Å². The lowest BCUT2D eigenvalue weighted by Crippen LogP contribution is -2.23. The molecule has 1 aromatic rings. The zero-order valence-electron chi connectivity index (χ0n) is 10.1. The largest absolute Gasteiger partial charge is 0.477 e. The fourth-order valence-electron chi connectivity index (χ4n) is 1.19. The maximum atomic E-state index is 10.6. The van der Waals surface area contributed by atoms with Gasteiger partial charge in [0.05, 0.1) is 13.2 Å². The zero-order valence-corrected chi connectivity index (χ0v) is 12.5. The van der Waals surface area contributed by atoms with Crippen LogP contribution in [0.4, 0.5) is 0 Å². The fourth-order valence-corrected chi connectivity index (χ4v) is 1.86. The van der Waals surface area contributed by atoms with Gasteiger partial charge in [0.25, 0.3) is 9.05 Å². The Hall–Kier alpha value is -0.510. The summed E-state index contributed by atoms with van der Waals surface area (Å²) in [5.41, 5.74) is 0. The van der Waals surface area contributed by atoms with Gasteiger partial charge < -0.3 is 10.1 Å². The summed E-state index contributed by atoms with van der Waals surface area (Å²) in [6.45, 7) is 1.69.